The second-order valence-corrected chi connectivity index (χ2v) is 9.27. The van der Waals surface area contributed by atoms with E-state index >= 15 is 0 Å². The van der Waals surface area contributed by atoms with Gasteiger partial charge in [-0.15, -0.1) is 0 Å². The molecule has 4 aromatic rings. The van der Waals surface area contributed by atoms with E-state index in [1.807, 2.05) is 12.1 Å². The van der Waals surface area contributed by atoms with Gasteiger partial charge in [0.2, 0.25) is 0 Å². The Bertz CT molecular complexity index is 1440. The molecule has 2 aromatic carbocycles. The van der Waals surface area contributed by atoms with Gasteiger partial charge >= 0.3 is 11.9 Å². The number of aromatic amines is 2. The minimum Gasteiger partial charge on any atom is -0.480 e. The number of fused-ring (bicyclic) bond motifs is 6. The molecule has 2 atom stereocenters. The van der Waals surface area contributed by atoms with Gasteiger partial charge in [-0.25, -0.2) is 4.79 Å². The number of carbonyl (C=O) groups excluding carboxylic acids is 1. The molecule has 2 aromatic heterocycles. The number of nitrogens with one attached hydrogen (secondary N) is 4. The van der Waals surface area contributed by atoms with Crippen LogP contribution < -0.4 is 10.6 Å². The molecule has 198 valence electrons. The molecule has 0 saturated heterocycles. The summed E-state index contributed by atoms with van der Waals surface area (Å²) in [5.41, 5.74) is 8.69. The van der Waals surface area contributed by atoms with Crippen molar-refractivity contribution in [1.82, 2.24) is 20.6 Å². The van der Waals surface area contributed by atoms with Crippen molar-refractivity contribution in [3.05, 3.63) is 70.0 Å². The Kier molecular flexibility index (Phi) is 7.97. The summed E-state index contributed by atoms with van der Waals surface area (Å²) in [4.78, 5) is 29.5. The zero-order valence-corrected chi connectivity index (χ0v) is 21.6. The molecule has 9 heteroatoms. The minimum atomic E-state index is -0.825. The molecular weight excluding hydrogens is 472 g/mol. The van der Waals surface area contributed by atoms with Crippen LogP contribution in [0, 0.1) is 13.8 Å². The molecule has 2 unspecified atom stereocenters. The number of benzene rings is 2. The molecule has 37 heavy (non-hydrogen) atoms. The molecule has 0 radical (unpaired) electrons. The Morgan fingerprint density at radius 1 is 0.838 bits per heavy atom. The molecule has 2 aliphatic heterocycles. The van der Waals surface area contributed by atoms with Crippen LogP contribution in [0.2, 0.25) is 0 Å². The monoisotopic (exact) mass is 509 g/mol. The van der Waals surface area contributed by atoms with Crippen molar-refractivity contribution in [3.63, 3.8) is 0 Å². The maximum absolute atomic E-state index is 11.8. The number of aryl methyl sites for hydroxylation is 2. The number of hydrogen-bond acceptors (Lipinski definition) is 6. The average molecular weight is 510 g/mol. The van der Waals surface area contributed by atoms with Gasteiger partial charge in [-0.05, 0) is 62.1 Å². The smallest absolute Gasteiger partial charge is 0.329 e. The van der Waals surface area contributed by atoms with E-state index in [0.717, 1.165) is 59.9 Å². The summed E-state index contributed by atoms with van der Waals surface area (Å²) >= 11 is 0. The molecule has 0 amide bonds. The summed E-state index contributed by atoms with van der Waals surface area (Å²) in [5, 5.41) is 24.8. The number of esters is 1. The number of aliphatic carboxylic acids is 1. The van der Waals surface area contributed by atoms with Gasteiger partial charge in [0.25, 0.3) is 0 Å². The number of hydrogen-bond donors (Lipinski definition) is 6. The standard InChI is InChI=1S/C14H16N2O2.C13H14N2O2.CH4O.H2/c1-8-3-4-11-10(7-8)9-5-6-15-13(12(9)16-11)14(17)18-2;1-7-2-3-10-9(6-7)8-4-5-14-12(13(16)17)11(8)15-10;1-2;/h3-4,7,13,15-16H,5-6H2,1-2H3;2-3,6,12,14-15H,4-5H2,1H3,(H,16,17);2H,1H3;1H/i;;;1+1. The van der Waals surface area contributed by atoms with Crippen LogP contribution in [0.4, 0.5) is 0 Å². The van der Waals surface area contributed by atoms with E-state index in [1.165, 1.54) is 29.2 Å². The van der Waals surface area contributed by atoms with Crippen LogP contribution in [0.3, 0.4) is 0 Å². The molecule has 9 nitrogen and oxygen atoms in total. The van der Waals surface area contributed by atoms with E-state index in [2.05, 4.69) is 58.7 Å². The van der Waals surface area contributed by atoms with Crippen LogP contribution in [0.5, 0.6) is 0 Å². The van der Waals surface area contributed by atoms with E-state index in [1.54, 1.807) is 0 Å². The van der Waals surface area contributed by atoms with Gasteiger partial charge in [-0.1, -0.05) is 23.3 Å². The lowest BCUT2D eigenvalue weighted by Gasteiger charge is -2.22. The van der Waals surface area contributed by atoms with Crippen LogP contribution in [-0.4, -0.2) is 59.4 Å². The lowest BCUT2D eigenvalue weighted by atomic mass is 9.99. The highest BCUT2D eigenvalue weighted by molar-refractivity contribution is 5.90. The zero-order valence-electron chi connectivity index (χ0n) is 21.6. The van der Waals surface area contributed by atoms with Gasteiger partial charge in [0.15, 0.2) is 0 Å². The van der Waals surface area contributed by atoms with Crippen LogP contribution in [0.15, 0.2) is 36.4 Å². The van der Waals surface area contributed by atoms with Gasteiger partial charge in [0.05, 0.1) is 7.11 Å². The molecule has 6 N–H and O–H groups in total. The minimum absolute atomic E-state index is 0. The van der Waals surface area contributed by atoms with Gasteiger partial charge < -0.3 is 24.9 Å². The number of rotatable bonds is 2. The van der Waals surface area contributed by atoms with Crippen molar-refractivity contribution in [2.75, 3.05) is 27.3 Å². The van der Waals surface area contributed by atoms with E-state index < -0.39 is 12.0 Å². The first-order chi connectivity index (χ1) is 17.9. The summed E-state index contributed by atoms with van der Waals surface area (Å²) in [5.74, 6) is -1.06. The van der Waals surface area contributed by atoms with Crippen molar-refractivity contribution >= 4 is 33.7 Å². The van der Waals surface area contributed by atoms with Crippen molar-refractivity contribution in [2.45, 2.75) is 38.8 Å². The number of carboxylic acids is 1. The van der Waals surface area contributed by atoms with Crippen molar-refractivity contribution in [2.24, 2.45) is 0 Å². The third kappa shape index (κ3) is 5.11. The fourth-order valence-corrected chi connectivity index (χ4v) is 5.21. The Morgan fingerprint density at radius 3 is 1.76 bits per heavy atom. The van der Waals surface area contributed by atoms with Gasteiger partial charge in [0.1, 0.15) is 12.1 Å². The Morgan fingerprint density at radius 2 is 1.30 bits per heavy atom. The SMILES string of the molecule is CO.COC(=O)C1NCCc2c1[nH]c1ccc(C)cc21.Cc1ccc2[nH]c3c(c2c1)CCNC3C(=O)O.[2HH]. The predicted molar refractivity (Wildman–Crippen MR) is 145 cm³/mol. The van der Waals surface area contributed by atoms with Gasteiger partial charge in [0, 0.05) is 54.8 Å². The molecule has 2 aliphatic rings. The third-order valence-corrected chi connectivity index (χ3v) is 6.90. The molecule has 6 rings (SSSR count). The largest absolute Gasteiger partial charge is 0.480 e. The van der Waals surface area contributed by atoms with Gasteiger partial charge in [-0.2, -0.15) is 0 Å². The van der Waals surface area contributed by atoms with Gasteiger partial charge in [-0.3, -0.25) is 15.4 Å². The first kappa shape index (κ1) is 26.4. The van der Waals surface area contributed by atoms with Crippen LogP contribution in [-0.2, 0) is 27.2 Å². The number of carboxylic acid groups (broad SMARTS) is 1. The predicted octanol–water partition coefficient (Wildman–Crippen LogP) is 3.44. The number of ether oxygens (including phenoxy) is 1. The second kappa shape index (κ2) is 11.2. The number of aliphatic hydroxyl groups is 1. The highest BCUT2D eigenvalue weighted by Crippen LogP contribution is 2.32. The molecular formula is C28H36N4O5. The van der Waals surface area contributed by atoms with Crippen LogP contribution in [0.1, 0.15) is 47.2 Å². The molecule has 0 aliphatic carbocycles. The van der Waals surface area contributed by atoms with Crippen LogP contribution >= 0.6 is 0 Å². The fraction of sp³-hybridized carbons (Fsp3) is 0.357. The Balaban J connectivity index is 0.000000193. The van der Waals surface area contributed by atoms with E-state index in [4.69, 9.17) is 9.84 Å². The number of aromatic nitrogens is 2. The summed E-state index contributed by atoms with van der Waals surface area (Å²) in [7, 11) is 2.42. The maximum Gasteiger partial charge on any atom is 0.329 e. The van der Waals surface area contributed by atoms with Crippen molar-refractivity contribution in [1.29, 1.82) is 0 Å². The van der Waals surface area contributed by atoms with E-state index in [-0.39, 0.29) is 13.4 Å². The topological polar surface area (TPSA) is 139 Å². The number of carbonyl (C=O) groups is 2. The summed E-state index contributed by atoms with van der Waals surface area (Å²) < 4.78 is 4.84. The van der Waals surface area contributed by atoms with E-state index in [9.17, 15) is 14.7 Å². The lowest BCUT2D eigenvalue weighted by molar-refractivity contribution is -0.143. The lowest BCUT2D eigenvalue weighted by Crippen LogP contribution is -2.35. The van der Waals surface area contributed by atoms with Crippen LogP contribution in [0.25, 0.3) is 21.8 Å². The normalized spacial score (nSPS) is 18.1. The summed E-state index contributed by atoms with van der Waals surface area (Å²) in [6.45, 7) is 5.64. The highest BCUT2D eigenvalue weighted by atomic mass is 16.5. The Hall–Kier alpha value is -3.66. The molecule has 0 fully saturated rings. The van der Waals surface area contributed by atoms with Crippen molar-refractivity contribution in [3.8, 4) is 0 Å². The number of methoxy groups -OCH3 is 1. The summed E-state index contributed by atoms with van der Waals surface area (Å²) in [6, 6.07) is 11.5. The zero-order chi connectivity index (χ0) is 26.7. The molecule has 0 saturated carbocycles. The number of aliphatic hydroxyl groups excluding tert-OH is 1. The van der Waals surface area contributed by atoms with Crippen molar-refractivity contribution < 1.29 is 26.0 Å². The molecule has 4 heterocycles. The molecule has 0 bridgehead atoms. The first-order valence-corrected chi connectivity index (χ1v) is 12.3. The fourth-order valence-electron chi connectivity index (χ4n) is 5.21. The number of H-pyrrole nitrogens is 2. The third-order valence-electron chi connectivity index (χ3n) is 6.90. The van der Waals surface area contributed by atoms with E-state index in [0.29, 0.717) is 6.54 Å². The maximum atomic E-state index is 11.8. The highest BCUT2D eigenvalue weighted by Gasteiger charge is 2.30. The summed E-state index contributed by atoms with van der Waals surface area (Å²) in [6.07, 6.45) is 1.81. The molecule has 0 spiro atoms. The first-order valence-electron chi connectivity index (χ1n) is 12.3. The Labute approximate surface area is 216 Å². The second-order valence-electron chi connectivity index (χ2n) is 9.27. The quantitative estimate of drug-likeness (QED) is 0.228. The average Bonchev–Trinajstić information content (AvgIpc) is 3.47.